The van der Waals surface area contributed by atoms with E-state index in [0.29, 0.717) is 17.5 Å². The lowest BCUT2D eigenvalue weighted by atomic mass is 10.3. The molecule has 0 aliphatic rings. The summed E-state index contributed by atoms with van der Waals surface area (Å²) >= 11 is 5.79. The second-order valence-electron chi connectivity index (χ2n) is 2.49. The molecule has 0 radical (unpaired) electrons. The van der Waals surface area contributed by atoms with Crippen LogP contribution in [0.4, 0.5) is 0 Å². The predicted molar refractivity (Wildman–Crippen MR) is 53.8 cm³/mol. The minimum Gasteiger partial charge on any atom is -0.478 e. The maximum Gasteiger partial charge on any atom is 0.271 e. The molecule has 0 saturated heterocycles. The smallest absolute Gasteiger partial charge is 0.271 e. The molecular formula is C9H11ClN2O2. The molecule has 0 saturated carbocycles. The number of nitrogens with one attached hydrogen (secondary N) is 1. The largest absolute Gasteiger partial charge is 0.478 e. The molecule has 0 aromatic carbocycles. The highest BCUT2D eigenvalue weighted by Gasteiger charge is 2.11. The second-order valence-corrected chi connectivity index (χ2v) is 2.90. The molecule has 0 atom stereocenters. The summed E-state index contributed by atoms with van der Waals surface area (Å²) in [6.45, 7) is 2.34. The van der Waals surface area contributed by atoms with Crippen molar-refractivity contribution in [1.82, 2.24) is 10.3 Å². The first-order valence-electron chi connectivity index (χ1n) is 4.20. The van der Waals surface area contributed by atoms with Crippen molar-refractivity contribution in [3.63, 3.8) is 0 Å². The van der Waals surface area contributed by atoms with E-state index in [9.17, 15) is 4.79 Å². The number of hydrogen-bond donors (Lipinski definition) is 1. The molecule has 1 aromatic heterocycles. The molecule has 1 amide bonds. The van der Waals surface area contributed by atoms with E-state index in [0.717, 1.165) is 0 Å². The molecule has 0 spiro atoms. The van der Waals surface area contributed by atoms with Gasteiger partial charge in [-0.25, -0.2) is 4.98 Å². The number of carbonyl (C=O) groups excluding carboxylic acids is 1. The molecule has 0 unspecified atom stereocenters. The molecular weight excluding hydrogens is 204 g/mol. The molecule has 0 fully saturated rings. The number of carbonyl (C=O) groups is 1. The van der Waals surface area contributed by atoms with E-state index >= 15 is 0 Å². The fourth-order valence-electron chi connectivity index (χ4n) is 0.930. The van der Waals surface area contributed by atoms with Crippen LogP contribution < -0.4 is 10.1 Å². The standard InChI is InChI=1S/C9H11ClN2O2/c1-3-14-7-5-4-6(10)8(12-7)9(13)11-2/h4-5H,3H2,1-2H3,(H,11,13). The quantitative estimate of drug-likeness (QED) is 0.830. The molecule has 0 aliphatic carbocycles. The van der Waals surface area contributed by atoms with Crippen molar-refractivity contribution in [3.8, 4) is 5.88 Å². The Morgan fingerprint density at radius 3 is 2.93 bits per heavy atom. The van der Waals surface area contributed by atoms with E-state index in [-0.39, 0.29) is 11.6 Å². The first-order valence-corrected chi connectivity index (χ1v) is 4.58. The number of ether oxygens (including phenoxy) is 1. The van der Waals surface area contributed by atoms with Gasteiger partial charge in [0.25, 0.3) is 5.91 Å². The Morgan fingerprint density at radius 1 is 1.64 bits per heavy atom. The molecule has 0 bridgehead atoms. The van der Waals surface area contributed by atoms with Crippen LogP contribution in [0.15, 0.2) is 12.1 Å². The second kappa shape index (κ2) is 4.81. The summed E-state index contributed by atoms with van der Waals surface area (Å²) in [4.78, 5) is 15.2. The summed E-state index contributed by atoms with van der Waals surface area (Å²) in [5.74, 6) is 0.0760. The number of pyridine rings is 1. The van der Waals surface area contributed by atoms with Gasteiger partial charge < -0.3 is 10.1 Å². The zero-order chi connectivity index (χ0) is 10.6. The first-order chi connectivity index (χ1) is 6.69. The fourth-order valence-corrected chi connectivity index (χ4v) is 1.12. The minimum absolute atomic E-state index is 0.181. The third-order valence-electron chi connectivity index (χ3n) is 1.55. The maximum atomic E-state index is 11.3. The Kier molecular flexibility index (Phi) is 3.71. The zero-order valence-corrected chi connectivity index (χ0v) is 8.76. The van der Waals surface area contributed by atoms with E-state index in [1.807, 2.05) is 6.92 Å². The van der Waals surface area contributed by atoms with Gasteiger partial charge in [-0.3, -0.25) is 4.79 Å². The van der Waals surface area contributed by atoms with Gasteiger partial charge >= 0.3 is 0 Å². The number of hydrogen-bond acceptors (Lipinski definition) is 3. The topological polar surface area (TPSA) is 51.2 Å². The van der Waals surface area contributed by atoms with Gasteiger partial charge in [0.1, 0.15) is 0 Å². The van der Waals surface area contributed by atoms with Crippen molar-refractivity contribution in [1.29, 1.82) is 0 Å². The first kappa shape index (κ1) is 10.8. The summed E-state index contributed by atoms with van der Waals surface area (Å²) in [7, 11) is 1.52. The fraction of sp³-hybridized carbons (Fsp3) is 0.333. The lowest BCUT2D eigenvalue weighted by molar-refractivity contribution is 0.0957. The van der Waals surface area contributed by atoms with Crippen LogP contribution in [0.5, 0.6) is 5.88 Å². The monoisotopic (exact) mass is 214 g/mol. The molecule has 1 N–H and O–H groups in total. The lowest BCUT2D eigenvalue weighted by Gasteiger charge is -2.05. The average Bonchev–Trinajstić information content (AvgIpc) is 2.20. The van der Waals surface area contributed by atoms with Crippen LogP contribution in [0, 0.1) is 0 Å². The molecule has 1 rings (SSSR count). The number of halogens is 1. The van der Waals surface area contributed by atoms with Crippen molar-refractivity contribution in [3.05, 3.63) is 22.8 Å². The summed E-state index contributed by atoms with van der Waals surface area (Å²) < 4.78 is 5.15. The Morgan fingerprint density at radius 2 is 2.36 bits per heavy atom. The van der Waals surface area contributed by atoms with Gasteiger partial charge in [-0.1, -0.05) is 11.6 Å². The van der Waals surface area contributed by atoms with Crippen molar-refractivity contribution in [2.24, 2.45) is 0 Å². The summed E-state index contributed by atoms with van der Waals surface area (Å²) in [6.07, 6.45) is 0. The van der Waals surface area contributed by atoms with Crippen LogP contribution in [0.25, 0.3) is 0 Å². The van der Waals surface area contributed by atoms with Crippen LogP contribution in [-0.2, 0) is 0 Å². The SMILES string of the molecule is CCOc1ccc(Cl)c(C(=O)NC)n1. The van der Waals surface area contributed by atoms with Crippen molar-refractivity contribution < 1.29 is 9.53 Å². The van der Waals surface area contributed by atoms with E-state index in [1.54, 1.807) is 12.1 Å². The third-order valence-corrected chi connectivity index (χ3v) is 1.86. The van der Waals surface area contributed by atoms with Gasteiger partial charge in [-0.2, -0.15) is 0 Å². The number of nitrogens with zero attached hydrogens (tertiary/aromatic N) is 1. The predicted octanol–water partition coefficient (Wildman–Crippen LogP) is 1.49. The van der Waals surface area contributed by atoms with E-state index < -0.39 is 0 Å². The Bertz CT molecular complexity index is 342. The minimum atomic E-state index is -0.323. The van der Waals surface area contributed by atoms with Crippen molar-refractivity contribution >= 4 is 17.5 Å². The third kappa shape index (κ3) is 2.35. The number of aromatic nitrogens is 1. The van der Waals surface area contributed by atoms with Gasteiger partial charge in [0.15, 0.2) is 5.69 Å². The summed E-state index contributed by atoms with van der Waals surface area (Å²) in [5.41, 5.74) is 0.181. The highest BCUT2D eigenvalue weighted by molar-refractivity contribution is 6.33. The van der Waals surface area contributed by atoms with Gasteiger partial charge in [0.2, 0.25) is 5.88 Å². The molecule has 1 heterocycles. The molecule has 0 aliphatic heterocycles. The lowest BCUT2D eigenvalue weighted by Crippen LogP contribution is -2.20. The van der Waals surface area contributed by atoms with Crippen LogP contribution >= 0.6 is 11.6 Å². The summed E-state index contributed by atoms with van der Waals surface area (Å²) in [5, 5.41) is 2.76. The average molecular weight is 215 g/mol. The van der Waals surface area contributed by atoms with E-state index in [2.05, 4.69) is 10.3 Å². The van der Waals surface area contributed by atoms with Crippen LogP contribution in [-0.4, -0.2) is 24.5 Å². The molecule has 1 aromatic rings. The maximum absolute atomic E-state index is 11.3. The zero-order valence-electron chi connectivity index (χ0n) is 8.00. The highest BCUT2D eigenvalue weighted by Crippen LogP contribution is 2.17. The van der Waals surface area contributed by atoms with E-state index in [1.165, 1.54) is 7.05 Å². The number of amides is 1. The van der Waals surface area contributed by atoms with Crippen LogP contribution in [0.2, 0.25) is 5.02 Å². The molecule has 5 heteroatoms. The normalized spacial score (nSPS) is 9.64. The molecule has 14 heavy (non-hydrogen) atoms. The van der Waals surface area contributed by atoms with Gasteiger partial charge in [0.05, 0.1) is 11.6 Å². The highest BCUT2D eigenvalue weighted by atomic mass is 35.5. The van der Waals surface area contributed by atoms with Crippen LogP contribution in [0.3, 0.4) is 0 Å². The Hall–Kier alpha value is -1.29. The Balaban J connectivity index is 3.01. The van der Waals surface area contributed by atoms with Crippen molar-refractivity contribution in [2.75, 3.05) is 13.7 Å². The van der Waals surface area contributed by atoms with Crippen molar-refractivity contribution in [2.45, 2.75) is 6.92 Å². The van der Waals surface area contributed by atoms with Crippen LogP contribution in [0.1, 0.15) is 17.4 Å². The molecule has 4 nitrogen and oxygen atoms in total. The number of rotatable bonds is 3. The van der Waals surface area contributed by atoms with Gasteiger partial charge in [-0.05, 0) is 13.0 Å². The van der Waals surface area contributed by atoms with E-state index in [4.69, 9.17) is 16.3 Å². The van der Waals surface area contributed by atoms with Gasteiger partial charge in [-0.15, -0.1) is 0 Å². The van der Waals surface area contributed by atoms with Gasteiger partial charge in [0, 0.05) is 13.1 Å². The molecule has 76 valence electrons. The summed E-state index contributed by atoms with van der Waals surface area (Å²) in [6, 6.07) is 3.21. The Labute approximate surface area is 87.2 Å².